The molecule has 96 valence electrons. The average molecular weight is 256 g/mol. The van der Waals surface area contributed by atoms with Crippen LogP contribution < -0.4 is 0 Å². The summed E-state index contributed by atoms with van der Waals surface area (Å²) >= 11 is 0. The van der Waals surface area contributed by atoms with Gasteiger partial charge in [0.2, 0.25) is 0 Å². The van der Waals surface area contributed by atoms with Crippen molar-refractivity contribution in [1.82, 2.24) is 0 Å². The van der Waals surface area contributed by atoms with Crippen LogP contribution >= 0.6 is 0 Å². The number of aliphatic hydroxyl groups is 2. The second kappa shape index (κ2) is 5.94. The Labute approximate surface area is 109 Å². The summed E-state index contributed by atoms with van der Waals surface area (Å²) in [6, 6.07) is 14.7. The summed E-state index contributed by atoms with van der Waals surface area (Å²) in [5.41, 5.74) is 0.981. The number of hydrogen-bond donors (Lipinski definition) is 2. The van der Waals surface area contributed by atoms with E-state index in [1.165, 1.54) is 0 Å². The Morgan fingerprint density at radius 2 is 1.00 bits per heavy atom. The first-order chi connectivity index (χ1) is 9.16. The van der Waals surface area contributed by atoms with E-state index in [2.05, 4.69) is 20.5 Å². The molecule has 0 aromatic heterocycles. The molecule has 0 aliphatic rings. The molecule has 0 radical (unpaired) electrons. The van der Waals surface area contributed by atoms with E-state index in [4.69, 9.17) is 0 Å². The van der Waals surface area contributed by atoms with E-state index in [0.717, 1.165) is 0 Å². The summed E-state index contributed by atoms with van der Waals surface area (Å²) in [6.45, 7) is 0. The minimum Gasteiger partial charge on any atom is -0.326 e. The molecule has 0 aliphatic heterocycles. The zero-order valence-corrected chi connectivity index (χ0v) is 9.96. The van der Waals surface area contributed by atoms with Crippen LogP contribution in [0.25, 0.3) is 0 Å². The maximum atomic E-state index is 9.47. The van der Waals surface area contributed by atoms with Crippen LogP contribution in [0, 0.1) is 0 Å². The SMILES string of the molecule is OC(O)(N=Nc1ccccc1)N=Nc1ccccc1. The summed E-state index contributed by atoms with van der Waals surface area (Å²) in [5, 5.41) is 32.9. The lowest BCUT2D eigenvalue weighted by atomic mass is 10.3. The standard InChI is InChI=1S/C13H12N4O2/c18-13(19,16-14-11-7-3-1-4-8-11)17-15-12-9-5-2-6-10-12/h1-10,18-19H. The van der Waals surface area contributed by atoms with Gasteiger partial charge in [-0.05, 0) is 24.3 Å². The first kappa shape index (κ1) is 13.0. The first-order valence-electron chi connectivity index (χ1n) is 5.56. The number of hydrogen-bond acceptors (Lipinski definition) is 6. The van der Waals surface area contributed by atoms with Crippen molar-refractivity contribution in [3.05, 3.63) is 60.7 Å². The van der Waals surface area contributed by atoms with Gasteiger partial charge in [0.1, 0.15) is 0 Å². The van der Waals surface area contributed by atoms with Crippen molar-refractivity contribution in [3.63, 3.8) is 0 Å². The molecule has 2 aromatic rings. The molecule has 6 nitrogen and oxygen atoms in total. The van der Waals surface area contributed by atoms with Crippen LogP contribution in [0.15, 0.2) is 81.1 Å². The minimum atomic E-state index is -2.67. The van der Waals surface area contributed by atoms with Crippen LogP contribution in [0.4, 0.5) is 11.4 Å². The molecule has 0 amide bonds. The molecular weight excluding hydrogens is 244 g/mol. The molecule has 0 aliphatic carbocycles. The summed E-state index contributed by atoms with van der Waals surface area (Å²) in [6.07, 6.45) is 0. The smallest absolute Gasteiger partial charge is 0.326 e. The highest BCUT2D eigenvalue weighted by Gasteiger charge is 2.21. The van der Waals surface area contributed by atoms with Crippen molar-refractivity contribution in [3.8, 4) is 0 Å². The van der Waals surface area contributed by atoms with Gasteiger partial charge < -0.3 is 10.2 Å². The lowest BCUT2D eigenvalue weighted by Gasteiger charge is -2.06. The van der Waals surface area contributed by atoms with Crippen molar-refractivity contribution < 1.29 is 10.2 Å². The third-order valence-corrected chi connectivity index (χ3v) is 2.11. The van der Waals surface area contributed by atoms with Crippen LogP contribution in [0.1, 0.15) is 0 Å². The van der Waals surface area contributed by atoms with E-state index >= 15 is 0 Å². The fraction of sp³-hybridized carbons (Fsp3) is 0.0769. The summed E-state index contributed by atoms with van der Waals surface area (Å²) < 4.78 is 0. The van der Waals surface area contributed by atoms with Gasteiger partial charge in [-0.25, -0.2) is 0 Å². The van der Waals surface area contributed by atoms with Crippen molar-refractivity contribution in [1.29, 1.82) is 0 Å². The predicted octanol–water partition coefficient (Wildman–Crippen LogP) is 3.15. The van der Waals surface area contributed by atoms with E-state index < -0.39 is 6.03 Å². The largest absolute Gasteiger partial charge is 0.409 e. The minimum absolute atomic E-state index is 0.491. The maximum absolute atomic E-state index is 9.47. The van der Waals surface area contributed by atoms with Gasteiger partial charge in [0.15, 0.2) is 0 Å². The van der Waals surface area contributed by atoms with Crippen molar-refractivity contribution >= 4 is 11.4 Å². The van der Waals surface area contributed by atoms with E-state index in [1.54, 1.807) is 48.5 Å². The summed E-state index contributed by atoms with van der Waals surface area (Å²) in [4.78, 5) is 0. The Morgan fingerprint density at radius 1 is 0.632 bits per heavy atom. The highest BCUT2D eigenvalue weighted by molar-refractivity contribution is 5.35. The third-order valence-electron chi connectivity index (χ3n) is 2.11. The molecule has 0 heterocycles. The van der Waals surface area contributed by atoms with Crippen LogP contribution in [-0.2, 0) is 0 Å². The fourth-order valence-corrected chi connectivity index (χ4v) is 1.26. The Bertz CT molecular complexity index is 516. The average Bonchev–Trinajstić information content (AvgIpc) is 2.46. The molecule has 0 saturated heterocycles. The maximum Gasteiger partial charge on any atom is 0.409 e. The van der Waals surface area contributed by atoms with Gasteiger partial charge in [0.25, 0.3) is 0 Å². The predicted molar refractivity (Wildman–Crippen MR) is 69.1 cm³/mol. The van der Waals surface area contributed by atoms with Gasteiger partial charge in [-0.3, -0.25) is 0 Å². The van der Waals surface area contributed by atoms with Gasteiger partial charge in [-0.2, -0.15) is 0 Å². The molecule has 0 saturated carbocycles. The molecule has 19 heavy (non-hydrogen) atoms. The molecule has 0 fully saturated rings. The molecule has 0 unspecified atom stereocenters. The number of azo groups is 2. The van der Waals surface area contributed by atoms with E-state index in [-0.39, 0.29) is 0 Å². The number of nitrogens with zero attached hydrogens (tertiary/aromatic N) is 4. The van der Waals surface area contributed by atoms with Crippen LogP contribution in [0.5, 0.6) is 0 Å². The lowest BCUT2D eigenvalue weighted by Crippen LogP contribution is -2.20. The highest BCUT2D eigenvalue weighted by Crippen LogP contribution is 2.17. The van der Waals surface area contributed by atoms with Gasteiger partial charge in [0, 0.05) is 0 Å². The quantitative estimate of drug-likeness (QED) is 0.649. The Morgan fingerprint density at radius 3 is 1.37 bits per heavy atom. The van der Waals surface area contributed by atoms with Gasteiger partial charge in [-0.15, -0.1) is 10.2 Å². The lowest BCUT2D eigenvalue weighted by molar-refractivity contribution is -0.154. The molecule has 0 bridgehead atoms. The molecule has 0 spiro atoms. The van der Waals surface area contributed by atoms with Crippen LogP contribution in [0.3, 0.4) is 0 Å². The van der Waals surface area contributed by atoms with E-state index in [9.17, 15) is 10.2 Å². The van der Waals surface area contributed by atoms with Crippen molar-refractivity contribution in [2.45, 2.75) is 6.03 Å². The normalized spacial score (nSPS) is 12.3. The van der Waals surface area contributed by atoms with Crippen molar-refractivity contribution in [2.24, 2.45) is 20.5 Å². The topological polar surface area (TPSA) is 89.9 Å². The Kier molecular flexibility index (Phi) is 4.07. The fourth-order valence-electron chi connectivity index (χ4n) is 1.26. The second-order valence-corrected chi connectivity index (χ2v) is 3.67. The molecule has 6 heteroatoms. The van der Waals surface area contributed by atoms with Crippen molar-refractivity contribution in [2.75, 3.05) is 0 Å². The second-order valence-electron chi connectivity index (χ2n) is 3.67. The van der Waals surface area contributed by atoms with E-state index in [0.29, 0.717) is 11.4 Å². The van der Waals surface area contributed by atoms with Gasteiger partial charge in [0.05, 0.1) is 11.4 Å². The zero-order chi connectivity index (χ0) is 13.6. The van der Waals surface area contributed by atoms with E-state index in [1.807, 2.05) is 12.1 Å². The molecule has 2 N–H and O–H groups in total. The highest BCUT2D eigenvalue weighted by atomic mass is 16.5. The molecule has 0 atom stereocenters. The van der Waals surface area contributed by atoms with Gasteiger partial charge in [-0.1, -0.05) is 46.6 Å². The first-order valence-corrected chi connectivity index (χ1v) is 5.56. The third kappa shape index (κ3) is 4.38. The molecule has 2 rings (SSSR count). The molecule has 2 aromatic carbocycles. The molecular formula is C13H12N4O2. The Hall–Kier alpha value is -2.44. The zero-order valence-electron chi connectivity index (χ0n) is 9.96. The summed E-state index contributed by atoms with van der Waals surface area (Å²) in [5.74, 6) is 0. The number of rotatable bonds is 4. The van der Waals surface area contributed by atoms with Gasteiger partial charge >= 0.3 is 6.03 Å². The van der Waals surface area contributed by atoms with Crippen LogP contribution in [0.2, 0.25) is 0 Å². The van der Waals surface area contributed by atoms with Crippen LogP contribution in [-0.4, -0.2) is 16.2 Å². The monoisotopic (exact) mass is 256 g/mol. The number of benzene rings is 2. The Balaban J connectivity index is 2.06. The summed E-state index contributed by atoms with van der Waals surface area (Å²) in [7, 11) is 0.